The Balaban J connectivity index is 0.000000186. The molecular formula is C29H28F2N2O3S2. The Kier molecular flexibility index (Phi) is 9.38. The van der Waals surface area contributed by atoms with Crippen molar-refractivity contribution in [1.29, 1.82) is 0 Å². The number of hydrogen-bond acceptors (Lipinski definition) is 5. The van der Waals surface area contributed by atoms with E-state index in [0.29, 0.717) is 6.42 Å². The van der Waals surface area contributed by atoms with Crippen LogP contribution in [0.1, 0.15) is 9.75 Å². The first-order valence-corrected chi connectivity index (χ1v) is 13.8. The standard InChI is InChI=1S/C17H19FN2OS.C12H9FO2S/c1-19-7-9-20(10-8-19)17(21)12-15-5-6-16(22-15)13-3-2-4-14(18)11-13;13-9-3-1-2-8(6-9)11-5-4-10(16-11)7-12(14)15/h2-6,11H,7-10,12H2,1H3;1-6H,7H2,(H,14,15). The predicted octanol–water partition coefficient (Wildman–Crippen LogP) is 6.05. The molecule has 1 saturated heterocycles. The molecule has 1 N–H and O–H groups in total. The second kappa shape index (κ2) is 12.9. The zero-order valence-electron chi connectivity index (χ0n) is 20.9. The van der Waals surface area contributed by atoms with Gasteiger partial charge in [-0.1, -0.05) is 24.3 Å². The van der Waals surface area contributed by atoms with Crippen LogP contribution < -0.4 is 0 Å². The van der Waals surface area contributed by atoms with E-state index in [0.717, 1.165) is 56.8 Å². The monoisotopic (exact) mass is 554 g/mol. The molecule has 1 aliphatic rings. The molecule has 0 bridgehead atoms. The molecule has 0 saturated carbocycles. The van der Waals surface area contributed by atoms with E-state index in [1.54, 1.807) is 35.6 Å². The molecule has 2 aromatic carbocycles. The summed E-state index contributed by atoms with van der Waals surface area (Å²) in [7, 11) is 2.08. The largest absolute Gasteiger partial charge is 0.481 e. The number of nitrogens with zero attached hydrogens (tertiary/aromatic N) is 2. The highest BCUT2D eigenvalue weighted by Crippen LogP contribution is 2.30. The number of hydrogen-bond donors (Lipinski definition) is 1. The number of carboxylic acids is 1. The van der Waals surface area contributed by atoms with Gasteiger partial charge >= 0.3 is 5.97 Å². The van der Waals surface area contributed by atoms with Gasteiger partial charge in [-0.2, -0.15) is 0 Å². The second-order valence-corrected chi connectivity index (χ2v) is 11.3. The number of carbonyl (C=O) groups excluding carboxylic acids is 1. The van der Waals surface area contributed by atoms with Crippen molar-refractivity contribution in [1.82, 2.24) is 9.80 Å². The summed E-state index contributed by atoms with van der Waals surface area (Å²) in [5.41, 5.74) is 1.64. The number of carbonyl (C=O) groups is 2. The van der Waals surface area contributed by atoms with E-state index in [4.69, 9.17) is 5.11 Å². The van der Waals surface area contributed by atoms with Crippen molar-refractivity contribution in [2.24, 2.45) is 0 Å². The van der Waals surface area contributed by atoms with Crippen molar-refractivity contribution >= 4 is 34.6 Å². The minimum absolute atomic E-state index is 0.0139. The lowest BCUT2D eigenvalue weighted by Crippen LogP contribution is -2.47. The Morgan fingerprint density at radius 1 is 0.763 bits per heavy atom. The third kappa shape index (κ3) is 7.80. The van der Waals surface area contributed by atoms with E-state index in [2.05, 4.69) is 11.9 Å². The van der Waals surface area contributed by atoms with Crippen molar-refractivity contribution in [3.8, 4) is 20.9 Å². The summed E-state index contributed by atoms with van der Waals surface area (Å²) in [4.78, 5) is 30.7. The van der Waals surface area contributed by atoms with E-state index in [-0.39, 0.29) is 24.0 Å². The van der Waals surface area contributed by atoms with Crippen LogP contribution in [-0.2, 0) is 22.4 Å². The summed E-state index contributed by atoms with van der Waals surface area (Å²) in [5.74, 6) is -1.19. The molecule has 38 heavy (non-hydrogen) atoms. The van der Waals surface area contributed by atoms with Crippen LogP contribution >= 0.6 is 22.7 Å². The molecule has 1 aliphatic heterocycles. The number of rotatable bonds is 6. The molecule has 1 amide bonds. The molecule has 5 rings (SSSR count). The van der Waals surface area contributed by atoms with Gasteiger partial charge in [0.25, 0.3) is 0 Å². The van der Waals surface area contributed by atoms with E-state index in [1.165, 1.54) is 35.6 Å². The summed E-state index contributed by atoms with van der Waals surface area (Å²) in [6.07, 6.45) is 0.448. The van der Waals surface area contributed by atoms with Crippen molar-refractivity contribution in [3.05, 3.63) is 94.2 Å². The van der Waals surface area contributed by atoms with Gasteiger partial charge in [-0.3, -0.25) is 9.59 Å². The number of thiophene rings is 2. The Labute approximate surface area is 228 Å². The van der Waals surface area contributed by atoms with E-state index in [9.17, 15) is 18.4 Å². The van der Waals surface area contributed by atoms with Gasteiger partial charge in [-0.25, -0.2) is 8.78 Å². The van der Waals surface area contributed by atoms with Crippen LogP contribution in [0.25, 0.3) is 20.9 Å². The molecule has 0 unspecified atom stereocenters. The molecule has 4 aromatic rings. The van der Waals surface area contributed by atoms with Crippen LogP contribution in [-0.4, -0.2) is 60.0 Å². The van der Waals surface area contributed by atoms with Crippen LogP contribution in [0.5, 0.6) is 0 Å². The quantitative estimate of drug-likeness (QED) is 0.315. The zero-order chi connectivity index (χ0) is 27.1. The summed E-state index contributed by atoms with van der Waals surface area (Å²) in [5, 5.41) is 8.64. The molecule has 1 fully saturated rings. The average molecular weight is 555 g/mol. The van der Waals surface area contributed by atoms with Crippen LogP contribution in [0, 0.1) is 11.6 Å². The van der Waals surface area contributed by atoms with Gasteiger partial charge in [0, 0.05) is 45.7 Å². The van der Waals surface area contributed by atoms with E-state index < -0.39 is 5.97 Å². The molecule has 2 aromatic heterocycles. The number of amides is 1. The second-order valence-electron chi connectivity index (χ2n) is 8.98. The van der Waals surface area contributed by atoms with Gasteiger partial charge < -0.3 is 14.9 Å². The first-order chi connectivity index (χ1) is 18.3. The van der Waals surface area contributed by atoms with Gasteiger partial charge in [0.2, 0.25) is 5.91 Å². The highest BCUT2D eigenvalue weighted by molar-refractivity contribution is 7.15. The Morgan fingerprint density at radius 3 is 1.74 bits per heavy atom. The van der Waals surface area contributed by atoms with Crippen LogP contribution in [0.4, 0.5) is 8.78 Å². The molecule has 0 atom stereocenters. The predicted molar refractivity (Wildman–Crippen MR) is 149 cm³/mol. The zero-order valence-corrected chi connectivity index (χ0v) is 22.5. The van der Waals surface area contributed by atoms with Crippen molar-refractivity contribution in [3.63, 3.8) is 0 Å². The highest BCUT2D eigenvalue weighted by Gasteiger charge is 2.19. The summed E-state index contributed by atoms with van der Waals surface area (Å²) >= 11 is 2.94. The molecular weight excluding hydrogens is 526 g/mol. The number of likely N-dealkylation sites (N-methyl/N-ethyl adjacent to an activating group) is 1. The number of carboxylic acid groups (broad SMARTS) is 1. The maximum Gasteiger partial charge on any atom is 0.308 e. The SMILES string of the molecule is CN1CCN(C(=O)Cc2ccc(-c3cccc(F)c3)s2)CC1.O=C(O)Cc1ccc(-c2cccc(F)c2)s1. The molecule has 0 spiro atoms. The van der Waals surface area contributed by atoms with Gasteiger partial charge in [-0.15, -0.1) is 22.7 Å². The molecule has 0 radical (unpaired) electrons. The maximum atomic E-state index is 13.3. The van der Waals surface area contributed by atoms with Crippen LogP contribution in [0.15, 0.2) is 72.8 Å². The molecule has 3 heterocycles. The highest BCUT2D eigenvalue weighted by atomic mass is 32.1. The van der Waals surface area contributed by atoms with Crippen molar-refractivity contribution in [2.45, 2.75) is 12.8 Å². The normalized spacial score (nSPS) is 13.6. The van der Waals surface area contributed by atoms with Gasteiger partial charge in [0.1, 0.15) is 11.6 Å². The summed E-state index contributed by atoms with van der Waals surface area (Å²) < 4.78 is 26.3. The smallest absolute Gasteiger partial charge is 0.308 e. The Bertz CT molecular complexity index is 1390. The van der Waals surface area contributed by atoms with Crippen LogP contribution in [0.3, 0.4) is 0 Å². The third-order valence-electron chi connectivity index (χ3n) is 6.05. The van der Waals surface area contributed by atoms with Crippen molar-refractivity contribution in [2.75, 3.05) is 33.2 Å². The molecule has 198 valence electrons. The molecule has 9 heteroatoms. The summed E-state index contributed by atoms with van der Waals surface area (Å²) in [6.45, 7) is 3.48. The summed E-state index contributed by atoms with van der Waals surface area (Å²) in [6, 6.07) is 20.3. The number of halogens is 2. The molecule has 0 aliphatic carbocycles. The number of piperazine rings is 1. The fourth-order valence-corrected chi connectivity index (χ4v) is 6.00. The fourth-order valence-electron chi connectivity index (χ4n) is 4.01. The lowest BCUT2D eigenvalue weighted by Gasteiger charge is -2.32. The van der Waals surface area contributed by atoms with Gasteiger partial charge in [0.05, 0.1) is 12.8 Å². The maximum absolute atomic E-state index is 13.3. The Hall–Kier alpha value is -3.40. The fraction of sp³-hybridized carbons (Fsp3) is 0.241. The Morgan fingerprint density at radius 2 is 1.26 bits per heavy atom. The van der Waals surface area contributed by atoms with E-state index >= 15 is 0 Å². The average Bonchev–Trinajstić information content (AvgIpc) is 3.54. The van der Waals surface area contributed by atoms with Crippen LogP contribution in [0.2, 0.25) is 0 Å². The lowest BCUT2D eigenvalue weighted by molar-refractivity contribution is -0.136. The third-order valence-corrected chi connectivity index (χ3v) is 8.32. The van der Waals surface area contributed by atoms with Crippen molar-refractivity contribution < 1.29 is 23.5 Å². The first kappa shape index (κ1) is 27.6. The topological polar surface area (TPSA) is 60.9 Å². The number of aliphatic carboxylic acids is 1. The number of benzene rings is 2. The minimum Gasteiger partial charge on any atom is -0.481 e. The molecule has 5 nitrogen and oxygen atoms in total. The minimum atomic E-state index is -0.854. The lowest BCUT2D eigenvalue weighted by atomic mass is 10.2. The van der Waals surface area contributed by atoms with Gasteiger partial charge in [0.15, 0.2) is 0 Å². The van der Waals surface area contributed by atoms with E-state index in [1.807, 2.05) is 29.2 Å². The van der Waals surface area contributed by atoms with Gasteiger partial charge in [-0.05, 0) is 66.7 Å². The first-order valence-electron chi connectivity index (χ1n) is 12.1.